The fourth-order valence-electron chi connectivity index (χ4n) is 3.73. The molecular formula is C25H46O5. The van der Waals surface area contributed by atoms with Crippen LogP contribution in [0, 0.1) is 5.92 Å². The zero-order valence-corrected chi connectivity index (χ0v) is 21.3. The molecule has 5 heterocycles. The van der Waals surface area contributed by atoms with Gasteiger partial charge >= 0.3 is 0 Å². The highest BCUT2D eigenvalue weighted by Gasteiger charge is 2.60. The molecule has 30 heavy (non-hydrogen) atoms. The van der Waals surface area contributed by atoms with E-state index in [0.717, 1.165) is 19.1 Å². The molecule has 1 aliphatic carbocycles. The number of hydrogen-bond acceptors (Lipinski definition) is 5. The van der Waals surface area contributed by atoms with Crippen LogP contribution in [-0.4, -0.2) is 59.0 Å². The van der Waals surface area contributed by atoms with E-state index in [0.29, 0.717) is 12.2 Å². The maximum Gasteiger partial charge on any atom is 0.0920 e. The summed E-state index contributed by atoms with van der Waals surface area (Å²) in [5.74, 6) is 0.762. The Morgan fingerprint density at radius 3 is 1.33 bits per heavy atom. The second-order valence-electron chi connectivity index (χ2n) is 12.5. The maximum absolute atomic E-state index is 5.66. The molecule has 0 radical (unpaired) electrons. The summed E-state index contributed by atoms with van der Waals surface area (Å²) in [6, 6.07) is 0. The van der Waals surface area contributed by atoms with Gasteiger partial charge in [-0.15, -0.1) is 0 Å². The Hall–Kier alpha value is -0.200. The van der Waals surface area contributed by atoms with Gasteiger partial charge in [-0.3, -0.25) is 0 Å². The van der Waals surface area contributed by atoms with E-state index < -0.39 is 0 Å². The van der Waals surface area contributed by atoms with Crippen LogP contribution in [0.1, 0.15) is 95.4 Å². The normalized spacial score (nSPS) is 45.5. The van der Waals surface area contributed by atoms with Crippen molar-refractivity contribution in [1.29, 1.82) is 0 Å². The zero-order chi connectivity index (χ0) is 22.8. The lowest BCUT2D eigenvalue weighted by atomic mass is 9.77. The third-order valence-corrected chi connectivity index (χ3v) is 8.03. The molecule has 0 N–H and O–H groups in total. The molecule has 5 heteroatoms. The van der Waals surface area contributed by atoms with Crippen molar-refractivity contribution in [2.24, 2.45) is 5.92 Å². The van der Waals surface area contributed by atoms with Gasteiger partial charge < -0.3 is 23.7 Å². The van der Waals surface area contributed by atoms with Crippen LogP contribution in [0.2, 0.25) is 0 Å². The first-order chi connectivity index (χ1) is 13.4. The average Bonchev–Trinajstić information content (AvgIpc) is 3.42. The van der Waals surface area contributed by atoms with E-state index in [2.05, 4.69) is 76.2 Å². The van der Waals surface area contributed by atoms with E-state index >= 15 is 0 Å². The monoisotopic (exact) mass is 426 g/mol. The van der Waals surface area contributed by atoms with Gasteiger partial charge in [-0.2, -0.15) is 0 Å². The lowest BCUT2D eigenvalue weighted by molar-refractivity contribution is 0.191. The van der Waals surface area contributed by atoms with E-state index in [1.54, 1.807) is 0 Å². The van der Waals surface area contributed by atoms with Crippen molar-refractivity contribution in [1.82, 2.24) is 0 Å². The summed E-state index contributed by atoms with van der Waals surface area (Å²) in [5, 5.41) is 0. The number of rotatable bonds is 1. The van der Waals surface area contributed by atoms with Crippen molar-refractivity contribution in [3.8, 4) is 0 Å². The minimum absolute atomic E-state index is 0.146. The highest BCUT2D eigenvalue weighted by Crippen LogP contribution is 2.54. The highest BCUT2D eigenvalue weighted by molar-refractivity contribution is 5.08. The van der Waals surface area contributed by atoms with E-state index in [-0.39, 0.29) is 33.6 Å². The molecule has 5 atom stereocenters. The molecule has 5 unspecified atom stereocenters. The van der Waals surface area contributed by atoms with Crippen molar-refractivity contribution < 1.29 is 23.7 Å². The topological polar surface area (TPSA) is 62.6 Å². The predicted octanol–water partition coefficient (Wildman–Crippen LogP) is 5.29. The van der Waals surface area contributed by atoms with Gasteiger partial charge in [0.25, 0.3) is 0 Å². The van der Waals surface area contributed by atoms with Crippen LogP contribution >= 0.6 is 0 Å². The fraction of sp³-hybridized carbons (Fsp3) is 1.00. The minimum atomic E-state index is 0.146. The Morgan fingerprint density at radius 1 is 0.700 bits per heavy atom. The molecule has 0 aromatic rings. The van der Waals surface area contributed by atoms with Crippen molar-refractivity contribution >= 4 is 0 Å². The number of ether oxygens (including phenoxy) is 5. The van der Waals surface area contributed by atoms with Crippen LogP contribution in [0.3, 0.4) is 0 Å². The number of fused-ring (bicyclic) bond motifs is 1. The smallest absolute Gasteiger partial charge is 0.0920 e. The molecule has 6 fully saturated rings. The predicted molar refractivity (Wildman–Crippen MR) is 119 cm³/mol. The van der Waals surface area contributed by atoms with Gasteiger partial charge in [-0.25, -0.2) is 0 Å². The van der Waals surface area contributed by atoms with E-state index in [1.807, 2.05) is 0 Å². The van der Waals surface area contributed by atoms with Gasteiger partial charge in [0, 0.05) is 0 Å². The summed E-state index contributed by atoms with van der Waals surface area (Å²) in [4.78, 5) is 0. The number of epoxide rings is 5. The molecule has 1 saturated carbocycles. The molecule has 0 aromatic carbocycles. The first kappa shape index (κ1) is 24.4. The third kappa shape index (κ3) is 6.19. The first-order valence-corrected chi connectivity index (χ1v) is 11.8. The highest BCUT2D eigenvalue weighted by atomic mass is 16.6. The second-order valence-corrected chi connectivity index (χ2v) is 12.5. The lowest BCUT2D eigenvalue weighted by Crippen LogP contribution is -2.29. The fourth-order valence-corrected chi connectivity index (χ4v) is 3.73. The Kier molecular flexibility index (Phi) is 6.04. The zero-order valence-electron chi connectivity index (χ0n) is 21.3. The van der Waals surface area contributed by atoms with E-state index in [4.69, 9.17) is 23.7 Å². The molecule has 6 aliphatic rings. The quantitative estimate of drug-likeness (QED) is 0.533. The van der Waals surface area contributed by atoms with Gasteiger partial charge in [0.2, 0.25) is 0 Å². The molecule has 176 valence electrons. The molecule has 0 bridgehead atoms. The van der Waals surface area contributed by atoms with Crippen LogP contribution in [0.15, 0.2) is 0 Å². The molecular weight excluding hydrogens is 380 g/mol. The summed E-state index contributed by atoms with van der Waals surface area (Å²) in [7, 11) is 0. The Morgan fingerprint density at radius 2 is 1.10 bits per heavy atom. The molecule has 0 aromatic heterocycles. The van der Waals surface area contributed by atoms with Gasteiger partial charge in [0.15, 0.2) is 0 Å². The molecule has 0 amide bonds. The van der Waals surface area contributed by atoms with E-state index in [9.17, 15) is 0 Å². The minimum Gasteiger partial charge on any atom is -0.370 e. The second kappa shape index (κ2) is 7.41. The molecule has 0 spiro atoms. The summed E-state index contributed by atoms with van der Waals surface area (Å²) in [6.45, 7) is 25.2. The van der Waals surface area contributed by atoms with Crippen molar-refractivity contribution in [3.63, 3.8) is 0 Å². The van der Waals surface area contributed by atoms with Gasteiger partial charge in [-0.1, -0.05) is 0 Å². The Labute approximate surface area is 184 Å². The summed E-state index contributed by atoms with van der Waals surface area (Å²) >= 11 is 0. The van der Waals surface area contributed by atoms with Crippen molar-refractivity contribution in [2.45, 2.75) is 141 Å². The Bertz CT molecular complexity index is 615. The van der Waals surface area contributed by atoms with Gasteiger partial charge in [-0.05, 0) is 101 Å². The van der Waals surface area contributed by atoms with Crippen LogP contribution < -0.4 is 0 Å². The van der Waals surface area contributed by atoms with Gasteiger partial charge in [0.1, 0.15) is 0 Å². The average molecular weight is 427 g/mol. The van der Waals surface area contributed by atoms with Gasteiger partial charge in [0.05, 0.1) is 59.0 Å². The van der Waals surface area contributed by atoms with Crippen LogP contribution in [0.5, 0.6) is 0 Å². The largest absolute Gasteiger partial charge is 0.370 e. The molecule has 5 aliphatic heterocycles. The Balaban J connectivity index is 0.000000123. The first-order valence-electron chi connectivity index (χ1n) is 11.8. The maximum atomic E-state index is 5.66. The summed E-state index contributed by atoms with van der Waals surface area (Å²) in [5.41, 5.74) is 1.25. The lowest BCUT2D eigenvalue weighted by Gasteiger charge is -2.25. The summed E-state index contributed by atoms with van der Waals surface area (Å²) < 4.78 is 26.4. The third-order valence-electron chi connectivity index (χ3n) is 8.03. The van der Waals surface area contributed by atoms with Crippen LogP contribution in [0.25, 0.3) is 0 Å². The van der Waals surface area contributed by atoms with Crippen LogP contribution in [0.4, 0.5) is 0 Å². The SMILES string of the molecule is CC1(C)CO1.CC1(C)OC1(C)C.CC1(C2CCC3(C)OC3C2)CO1.CC1OC1(C)C. The molecule has 6 rings (SSSR count). The van der Waals surface area contributed by atoms with Crippen molar-refractivity contribution in [3.05, 3.63) is 0 Å². The van der Waals surface area contributed by atoms with Crippen molar-refractivity contribution in [2.75, 3.05) is 13.2 Å². The van der Waals surface area contributed by atoms with E-state index in [1.165, 1.54) is 19.3 Å². The summed E-state index contributed by atoms with van der Waals surface area (Å²) in [6.07, 6.45) is 4.81. The van der Waals surface area contributed by atoms with Crippen LogP contribution in [-0.2, 0) is 23.7 Å². The number of hydrogen-bond donors (Lipinski definition) is 0. The molecule has 5 saturated heterocycles. The molecule has 5 nitrogen and oxygen atoms in total. The standard InChI is InChI=1S/C10H16O2.C6H12O.C5H10O.C4H8O/c1-9-4-3-7(5-8(9)12-9)10(2)6-11-10;1-5(2)6(3,4)7-5;1-4-5(2,3)6-4;1-4(2)3-5-4/h7-8H,3-6H2,1-2H3;1-4H3;4H,1-3H3;3H2,1-2H3.